The molecule has 0 aliphatic rings. The van der Waals surface area contributed by atoms with Crippen LogP contribution in [0.5, 0.6) is 0 Å². The smallest absolute Gasteiger partial charge is 0.304 e. The van der Waals surface area contributed by atoms with E-state index in [0.717, 1.165) is 12.1 Å². The first kappa shape index (κ1) is 12.4. The maximum absolute atomic E-state index is 13.1. The highest BCUT2D eigenvalue weighted by molar-refractivity contribution is 5.34. The lowest BCUT2D eigenvalue weighted by Gasteiger charge is -2.04. The van der Waals surface area contributed by atoms with Crippen molar-refractivity contribution in [3.63, 3.8) is 0 Å². The third kappa shape index (κ3) is 3.50. The van der Waals surface area contributed by atoms with E-state index >= 15 is 0 Å². The molecule has 88 valence electrons. The van der Waals surface area contributed by atoms with Gasteiger partial charge >= 0.3 is 5.69 Å². The summed E-state index contributed by atoms with van der Waals surface area (Å²) in [5.74, 6) is -0.971. The Morgan fingerprint density at radius 1 is 1.44 bits per heavy atom. The topological polar surface area (TPSA) is 55.2 Å². The van der Waals surface area contributed by atoms with Crippen LogP contribution in [0.4, 0.5) is 18.9 Å². The van der Waals surface area contributed by atoms with Gasteiger partial charge in [-0.2, -0.15) is 4.39 Å². The summed E-state index contributed by atoms with van der Waals surface area (Å²) in [5, 5.41) is 12.7. The van der Waals surface area contributed by atoms with Crippen LogP contribution in [0, 0.1) is 15.9 Å². The first-order valence-electron chi connectivity index (χ1n) is 4.42. The maximum atomic E-state index is 13.1. The lowest BCUT2D eigenvalue weighted by atomic mass is 10.2. The highest BCUT2D eigenvalue weighted by Crippen LogP contribution is 2.17. The molecule has 7 heteroatoms. The van der Waals surface area contributed by atoms with Gasteiger partial charge < -0.3 is 5.32 Å². The van der Waals surface area contributed by atoms with Crippen molar-refractivity contribution in [3.8, 4) is 0 Å². The lowest BCUT2D eigenvalue weighted by Crippen LogP contribution is -2.20. The van der Waals surface area contributed by atoms with Gasteiger partial charge in [0.25, 0.3) is 6.43 Å². The summed E-state index contributed by atoms with van der Waals surface area (Å²) in [6.45, 7) is -0.460. The van der Waals surface area contributed by atoms with E-state index in [1.165, 1.54) is 6.07 Å². The highest BCUT2D eigenvalue weighted by atomic mass is 19.3. The highest BCUT2D eigenvalue weighted by Gasteiger charge is 2.13. The van der Waals surface area contributed by atoms with Crippen molar-refractivity contribution in [3.05, 3.63) is 39.7 Å². The molecule has 0 aliphatic carbocycles. The third-order valence-corrected chi connectivity index (χ3v) is 1.84. The van der Waals surface area contributed by atoms with E-state index in [-0.39, 0.29) is 6.54 Å². The molecule has 1 N–H and O–H groups in total. The molecule has 0 radical (unpaired) electrons. The maximum Gasteiger partial charge on any atom is 0.304 e. The van der Waals surface area contributed by atoms with Crippen LogP contribution in [0.25, 0.3) is 0 Å². The minimum atomic E-state index is -2.48. The predicted molar refractivity (Wildman–Crippen MR) is 50.8 cm³/mol. The van der Waals surface area contributed by atoms with Crippen molar-refractivity contribution in [2.45, 2.75) is 13.0 Å². The quantitative estimate of drug-likeness (QED) is 0.626. The summed E-state index contributed by atoms with van der Waals surface area (Å²) in [7, 11) is 0. The molecule has 0 unspecified atom stereocenters. The van der Waals surface area contributed by atoms with E-state index in [2.05, 4.69) is 5.32 Å². The monoisotopic (exact) mass is 234 g/mol. The summed E-state index contributed by atoms with van der Waals surface area (Å²) >= 11 is 0. The van der Waals surface area contributed by atoms with Gasteiger partial charge in [0.05, 0.1) is 11.5 Å². The van der Waals surface area contributed by atoms with Gasteiger partial charge in [-0.3, -0.25) is 10.1 Å². The van der Waals surface area contributed by atoms with Crippen molar-refractivity contribution in [2.75, 3.05) is 6.54 Å². The first-order chi connectivity index (χ1) is 7.50. The second-order valence-corrected chi connectivity index (χ2v) is 3.06. The number of nitrogens with zero attached hydrogens (tertiary/aromatic N) is 1. The van der Waals surface area contributed by atoms with Gasteiger partial charge in [-0.05, 0) is 11.6 Å². The summed E-state index contributed by atoms with van der Waals surface area (Å²) < 4.78 is 36.6. The number of nitrogens with one attached hydrogen (secondary N) is 1. The fourth-order valence-corrected chi connectivity index (χ4v) is 1.13. The van der Waals surface area contributed by atoms with Crippen molar-refractivity contribution >= 4 is 5.69 Å². The number of nitro groups is 1. The second-order valence-electron chi connectivity index (χ2n) is 3.06. The Kier molecular flexibility index (Phi) is 4.24. The normalized spacial score (nSPS) is 10.8. The number of benzene rings is 1. The van der Waals surface area contributed by atoms with E-state index in [1.54, 1.807) is 0 Å². The molecule has 0 atom stereocenters. The van der Waals surface area contributed by atoms with Crippen LogP contribution < -0.4 is 5.32 Å². The average Bonchev–Trinajstić information content (AvgIpc) is 2.16. The number of rotatable bonds is 5. The van der Waals surface area contributed by atoms with Crippen LogP contribution in [-0.4, -0.2) is 17.9 Å². The zero-order valence-corrected chi connectivity index (χ0v) is 8.12. The Morgan fingerprint density at radius 3 is 2.62 bits per heavy atom. The van der Waals surface area contributed by atoms with Crippen LogP contribution in [0.3, 0.4) is 0 Å². The first-order valence-corrected chi connectivity index (χ1v) is 4.42. The molecule has 4 nitrogen and oxygen atoms in total. The molecule has 1 rings (SSSR count). The predicted octanol–water partition coefficient (Wildman–Crippen LogP) is 2.09. The van der Waals surface area contributed by atoms with E-state index in [9.17, 15) is 23.3 Å². The molecular weight excluding hydrogens is 225 g/mol. The molecule has 0 amide bonds. The molecule has 1 aromatic rings. The van der Waals surface area contributed by atoms with Gasteiger partial charge in [-0.25, -0.2) is 8.78 Å². The van der Waals surface area contributed by atoms with Crippen LogP contribution in [0.15, 0.2) is 18.2 Å². The number of hydrogen-bond donors (Lipinski definition) is 1. The molecule has 0 aromatic heterocycles. The van der Waals surface area contributed by atoms with E-state index in [0.29, 0.717) is 5.56 Å². The molecule has 0 fully saturated rings. The molecule has 0 heterocycles. The Balaban J connectivity index is 2.63. The third-order valence-electron chi connectivity index (χ3n) is 1.84. The minimum absolute atomic E-state index is 0.0409. The molecular formula is C9H9F3N2O2. The summed E-state index contributed by atoms with van der Waals surface area (Å²) in [6.07, 6.45) is -2.48. The number of halogens is 3. The summed E-state index contributed by atoms with van der Waals surface area (Å²) in [5.41, 5.74) is -0.249. The molecule has 0 bridgehead atoms. The Labute approximate surface area is 89.2 Å². The molecule has 0 aliphatic heterocycles. The van der Waals surface area contributed by atoms with Crippen LogP contribution in [0.2, 0.25) is 0 Å². The summed E-state index contributed by atoms with van der Waals surface area (Å²) in [6, 6.07) is 3.28. The van der Waals surface area contributed by atoms with Gasteiger partial charge in [0.1, 0.15) is 0 Å². The number of hydrogen-bond acceptors (Lipinski definition) is 3. The molecule has 0 spiro atoms. The van der Waals surface area contributed by atoms with Gasteiger partial charge in [-0.15, -0.1) is 0 Å². The van der Waals surface area contributed by atoms with E-state index < -0.39 is 29.4 Å². The summed E-state index contributed by atoms with van der Waals surface area (Å²) in [4.78, 5) is 9.45. The Morgan fingerprint density at radius 2 is 2.12 bits per heavy atom. The van der Waals surface area contributed by atoms with Crippen LogP contribution in [0.1, 0.15) is 5.56 Å². The fraction of sp³-hybridized carbons (Fsp3) is 0.333. The van der Waals surface area contributed by atoms with Gasteiger partial charge in [-0.1, -0.05) is 6.07 Å². The number of nitro benzene ring substituents is 1. The molecule has 0 saturated carbocycles. The Bertz CT molecular complexity index is 385. The van der Waals surface area contributed by atoms with E-state index in [4.69, 9.17) is 0 Å². The average molecular weight is 234 g/mol. The van der Waals surface area contributed by atoms with Crippen LogP contribution >= 0.6 is 0 Å². The SMILES string of the molecule is O=[N+]([O-])c1ccc(CNCC(F)F)cc1F. The molecule has 0 saturated heterocycles. The second kappa shape index (κ2) is 5.45. The molecule has 1 aromatic carbocycles. The number of alkyl halides is 2. The van der Waals surface area contributed by atoms with Crippen molar-refractivity contribution in [1.82, 2.24) is 5.32 Å². The van der Waals surface area contributed by atoms with Gasteiger partial charge in [0.2, 0.25) is 5.82 Å². The van der Waals surface area contributed by atoms with E-state index in [1.807, 2.05) is 0 Å². The van der Waals surface area contributed by atoms with Crippen LogP contribution in [-0.2, 0) is 6.54 Å². The minimum Gasteiger partial charge on any atom is -0.307 e. The molecule has 16 heavy (non-hydrogen) atoms. The van der Waals surface area contributed by atoms with Crippen molar-refractivity contribution in [2.24, 2.45) is 0 Å². The van der Waals surface area contributed by atoms with Gasteiger partial charge in [0, 0.05) is 12.6 Å². The zero-order chi connectivity index (χ0) is 12.1. The zero-order valence-electron chi connectivity index (χ0n) is 8.12. The fourth-order valence-electron chi connectivity index (χ4n) is 1.13. The Hall–Kier alpha value is -1.63. The van der Waals surface area contributed by atoms with Crippen molar-refractivity contribution < 1.29 is 18.1 Å². The van der Waals surface area contributed by atoms with Gasteiger partial charge in [0.15, 0.2) is 0 Å². The largest absolute Gasteiger partial charge is 0.307 e. The standard InChI is InChI=1S/C9H9F3N2O2/c10-7-3-6(4-13-5-9(11)12)1-2-8(7)14(15)16/h1-3,9,13H,4-5H2. The lowest BCUT2D eigenvalue weighted by molar-refractivity contribution is -0.387. The van der Waals surface area contributed by atoms with Crippen molar-refractivity contribution in [1.29, 1.82) is 0 Å².